The number of hydrogen-bond donors (Lipinski definition) is 0. The van der Waals surface area contributed by atoms with Crippen LogP contribution < -0.4 is 4.74 Å². The van der Waals surface area contributed by atoms with Gasteiger partial charge in [0.25, 0.3) is 0 Å². The first-order chi connectivity index (χ1) is 6.29. The summed E-state index contributed by atoms with van der Waals surface area (Å²) in [5.41, 5.74) is -0.367. The number of hydrogen-bond acceptors (Lipinski definition) is 2. The van der Waals surface area contributed by atoms with Crippen LogP contribution in [0.5, 0.6) is 5.88 Å². The zero-order chi connectivity index (χ0) is 10.9. The largest absolute Gasteiger partial charge is 0.471 e. The standard InChI is InChI=1S/C9H10Cl3NO/c1-9(2,3)14-8-6(11)4-5(10)7(12)13-8/h4H,1-3H3. The van der Waals surface area contributed by atoms with Crippen LogP contribution in [0.4, 0.5) is 0 Å². The van der Waals surface area contributed by atoms with E-state index in [0.29, 0.717) is 15.9 Å². The van der Waals surface area contributed by atoms with Crippen molar-refractivity contribution in [1.82, 2.24) is 4.98 Å². The molecular weight excluding hydrogens is 244 g/mol. The third-order valence-corrected chi connectivity index (χ3v) is 2.20. The Labute approximate surface area is 98.1 Å². The second-order valence-electron chi connectivity index (χ2n) is 3.76. The average molecular weight is 255 g/mol. The summed E-state index contributed by atoms with van der Waals surface area (Å²) in [6.07, 6.45) is 0. The third-order valence-electron chi connectivity index (χ3n) is 1.26. The number of halogens is 3. The van der Waals surface area contributed by atoms with Gasteiger partial charge in [0.2, 0.25) is 5.88 Å². The topological polar surface area (TPSA) is 22.1 Å². The molecule has 0 amide bonds. The molecule has 0 aliphatic carbocycles. The van der Waals surface area contributed by atoms with Crippen molar-refractivity contribution in [3.05, 3.63) is 21.3 Å². The molecule has 1 heterocycles. The molecule has 0 aromatic carbocycles. The van der Waals surface area contributed by atoms with E-state index in [0.717, 1.165) is 0 Å². The van der Waals surface area contributed by atoms with Gasteiger partial charge in [0.05, 0.1) is 5.02 Å². The highest BCUT2D eigenvalue weighted by Gasteiger charge is 2.16. The molecule has 0 fully saturated rings. The Morgan fingerprint density at radius 2 is 1.71 bits per heavy atom. The minimum atomic E-state index is -0.367. The first kappa shape index (κ1) is 11.9. The number of rotatable bonds is 1. The van der Waals surface area contributed by atoms with Crippen LogP contribution in [0.15, 0.2) is 6.07 Å². The lowest BCUT2D eigenvalue weighted by molar-refractivity contribution is 0.124. The fraction of sp³-hybridized carbons (Fsp3) is 0.444. The Morgan fingerprint density at radius 1 is 1.14 bits per heavy atom. The van der Waals surface area contributed by atoms with Crippen LogP contribution in [0.2, 0.25) is 15.2 Å². The van der Waals surface area contributed by atoms with Crippen molar-refractivity contribution in [2.75, 3.05) is 0 Å². The number of ether oxygens (including phenoxy) is 1. The summed E-state index contributed by atoms with van der Waals surface area (Å²) in [5.74, 6) is 0.300. The first-order valence-electron chi connectivity index (χ1n) is 4.00. The van der Waals surface area contributed by atoms with E-state index in [2.05, 4.69) is 4.98 Å². The molecule has 0 saturated carbocycles. The van der Waals surface area contributed by atoms with E-state index in [1.54, 1.807) is 0 Å². The van der Waals surface area contributed by atoms with Crippen LogP contribution >= 0.6 is 34.8 Å². The maximum atomic E-state index is 5.88. The van der Waals surface area contributed by atoms with E-state index in [4.69, 9.17) is 39.5 Å². The Bertz CT molecular complexity index is 347. The van der Waals surface area contributed by atoms with E-state index in [9.17, 15) is 0 Å². The lowest BCUT2D eigenvalue weighted by Gasteiger charge is -2.21. The van der Waals surface area contributed by atoms with Crippen molar-refractivity contribution in [3.8, 4) is 5.88 Å². The van der Waals surface area contributed by atoms with Gasteiger partial charge in [-0.05, 0) is 26.8 Å². The SMILES string of the molecule is CC(C)(C)Oc1nc(Cl)c(Cl)cc1Cl. The molecule has 1 aromatic rings. The average Bonchev–Trinajstić information content (AvgIpc) is 1.97. The molecule has 2 nitrogen and oxygen atoms in total. The summed E-state index contributed by atoms with van der Waals surface area (Å²) in [6, 6.07) is 1.51. The summed E-state index contributed by atoms with van der Waals surface area (Å²) in [6.45, 7) is 5.69. The third kappa shape index (κ3) is 3.19. The van der Waals surface area contributed by atoms with Gasteiger partial charge >= 0.3 is 0 Å². The molecule has 0 unspecified atom stereocenters. The first-order valence-corrected chi connectivity index (χ1v) is 5.13. The molecule has 0 aliphatic heterocycles. The highest BCUT2D eigenvalue weighted by molar-refractivity contribution is 6.42. The second-order valence-corrected chi connectivity index (χ2v) is 4.93. The normalized spacial score (nSPS) is 11.6. The number of aromatic nitrogens is 1. The zero-order valence-electron chi connectivity index (χ0n) is 8.07. The van der Waals surface area contributed by atoms with Gasteiger partial charge in [-0.1, -0.05) is 34.8 Å². The molecule has 0 bridgehead atoms. The summed E-state index contributed by atoms with van der Waals surface area (Å²) < 4.78 is 5.48. The summed E-state index contributed by atoms with van der Waals surface area (Å²) in [7, 11) is 0. The molecule has 1 aromatic heterocycles. The van der Waals surface area contributed by atoms with E-state index < -0.39 is 0 Å². The van der Waals surface area contributed by atoms with Gasteiger partial charge in [-0.2, -0.15) is 4.98 Å². The van der Waals surface area contributed by atoms with Crippen molar-refractivity contribution >= 4 is 34.8 Å². The molecule has 14 heavy (non-hydrogen) atoms. The van der Waals surface area contributed by atoms with Crippen LogP contribution in [-0.4, -0.2) is 10.6 Å². The Morgan fingerprint density at radius 3 is 2.21 bits per heavy atom. The highest BCUT2D eigenvalue weighted by atomic mass is 35.5. The predicted molar refractivity (Wildman–Crippen MR) is 59.6 cm³/mol. The van der Waals surface area contributed by atoms with Crippen molar-refractivity contribution in [3.63, 3.8) is 0 Å². The van der Waals surface area contributed by atoms with Gasteiger partial charge < -0.3 is 4.74 Å². The molecule has 0 radical (unpaired) electrons. The summed E-state index contributed by atoms with van der Waals surface area (Å²) in [4.78, 5) is 3.94. The van der Waals surface area contributed by atoms with Gasteiger partial charge in [-0.15, -0.1) is 0 Å². The fourth-order valence-electron chi connectivity index (χ4n) is 0.790. The van der Waals surface area contributed by atoms with Gasteiger partial charge in [0.1, 0.15) is 10.6 Å². The molecule has 5 heteroatoms. The maximum absolute atomic E-state index is 5.88. The van der Waals surface area contributed by atoms with Gasteiger partial charge in [-0.25, -0.2) is 0 Å². The minimum absolute atomic E-state index is 0.190. The molecule has 0 spiro atoms. The molecule has 0 saturated heterocycles. The van der Waals surface area contributed by atoms with Crippen LogP contribution in [0, 0.1) is 0 Å². The molecule has 0 N–H and O–H groups in total. The Balaban J connectivity index is 3.04. The number of nitrogens with zero attached hydrogens (tertiary/aromatic N) is 1. The van der Waals surface area contributed by atoms with Crippen molar-refractivity contribution in [1.29, 1.82) is 0 Å². The molecule has 78 valence electrons. The van der Waals surface area contributed by atoms with E-state index in [1.165, 1.54) is 6.07 Å². The molecule has 1 rings (SSSR count). The molecule has 0 aliphatic rings. The number of pyridine rings is 1. The molecule has 0 atom stereocenters. The van der Waals surface area contributed by atoms with Crippen LogP contribution in [-0.2, 0) is 0 Å². The fourth-order valence-corrected chi connectivity index (χ4v) is 1.32. The Kier molecular flexibility index (Phi) is 3.51. The predicted octanol–water partition coefficient (Wildman–Crippen LogP) is 4.22. The van der Waals surface area contributed by atoms with Crippen molar-refractivity contribution in [2.24, 2.45) is 0 Å². The van der Waals surface area contributed by atoms with Crippen LogP contribution in [0.3, 0.4) is 0 Å². The van der Waals surface area contributed by atoms with Crippen LogP contribution in [0.25, 0.3) is 0 Å². The zero-order valence-corrected chi connectivity index (χ0v) is 10.3. The van der Waals surface area contributed by atoms with Crippen LogP contribution in [0.1, 0.15) is 20.8 Å². The lowest BCUT2D eigenvalue weighted by Crippen LogP contribution is -2.23. The van der Waals surface area contributed by atoms with E-state index >= 15 is 0 Å². The monoisotopic (exact) mass is 253 g/mol. The quantitative estimate of drug-likeness (QED) is 0.700. The minimum Gasteiger partial charge on any atom is -0.471 e. The van der Waals surface area contributed by atoms with E-state index in [-0.39, 0.29) is 10.8 Å². The lowest BCUT2D eigenvalue weighted by atomic mass is 10.2. The summed E-state index contributed by atoms with van der Waals surface area (Å²) in [5, 5.41) is 0.863. The van der Waals surface area contributed by atoms with E-state index in [1.807, 2.05) is 20.8 Å². The summed E-state index contributed by atoms with van der Waals surface area (Å²) >= 11 is 17.3. The van der Waals surface area contributed by atoms with Gasteiger partial charge in [-0.3, -0.25) is 0 Å². The maximum Gasteiger partial charge on any atom is 0.234 e. The smallest absolute Gasteiger partial charge is 0.234 e. The molecular formula is C9H10Cl3NO. The van der Waals surface area contributed by atoms with Crippen molar-refractivity contribution < 1.29 is 4.74 Å². The van der Waals surface area contributed by atoms with Gasteiger partial charge in [0, 0.05) is 0 Å². The second kappa shape index (κ2) is 4.13. The highest BCUT2D eigenvalue weighted by Crippen LogP contribution is 2.32. The van der Waals surface area contributed by atoms with Gasteiger partial charge in [0.15, 0.2) is 5.15 Å². The Hall–Kier alpha value is -0.180. The van der Waals surface area contributed by atoms with Crippen molar-refractivity contribution in [2.45, 2.75) is 26.4 Å².